The van der Waals surface area contributed by atoms with E-state index < -0.39 is 12.2 Å². The Morgan fingerprint density at radius 2 is 1.57 bits per heavy atom. The molecule has 10 heteroatoms. The zero-order valence-corrected chi connectivity index (χ0v) is 20.6. The van der Waals surface area contributed by atoms with Gasteiger partial charge in [0.15, 0.2) is 0 Å². The first-order valence-electron chi connectivity index (χ1n) is 11.0. The molecule has 2 amide bonds. The Balaban J connectivity index is 1.63. The molecule has 1 N–H and O–H groups in total. The van der Waals surface area contributed by atoms with E-state index >= 15 is 0 Å². The largest absolute Gasteiger partial charge is 0.497 e. The summed E-state index contributed by atoms with van der Waals surface area (Å²) in [6.45, 7) is 1.24. The summed E-state index contributed by atoms with van der Waals surface area (Å²) in [5, 5.41) is 9.63. The molecule has 0 aliphatic heterocycles. The number of carboxylic acid groups (broad SMARTS) is 1. The number of amides is 2. The molecule has 2 aromatic carbocycles. The molecule has 0 bridgehead atoms. The van der Waals surface area contributed by atoms with Crippen LogP contribution in [0.3, 0.4) is 0 Å². The Labute approximate surface area is 208 Å². The summed E-state index contributed by atoms with van der Waals surface area (Å²) >= 11 is 1.34. The first-order chi connectivity index (χ1) is 17.0. The van der Waals surface area contributed by atoms with Crippen LogP contribution < -0.4 is 9.47 Å². The Kier molecular flexibility index (Phi) is 9.73. The van der Waals surface area contributed by atoms with Crippen LogP contribution in [-0.2, 0) is 24.4 Å². The molecular formula is C25H29N3O6S. The van der Waals surface area contributed by atoms with Gasteiger partial charge < -0.3 is 29.1 Å². The van der Waals surface area contributed by atoms with Gasteiger partial charge in [-0.05, 0) is 29.7 Å². The van der Waals surface area contributed by atoms with Gasteiger partial charge in [-0.25, -0.2) is 14.6 Å². The van der Waals surface area contributed by atoms with Crippen molar-refractivity contribution in [3.8, 4) is 11.6 Å². The second-order valence-corrected chi connectivity index (χ2v) is 8.59. The smallest absolute Gasteiger partial charge is 0.410 e. The minimum Gasteiger partial charge on any atom is -0.497 e. The molecule has 1 heterocycles. The average Bonchev–Trinajstić information content (AvgIpc) is 3.34. The highest BCUT2D eigenvalue weighted by molar-refractivity contribution is 7.09. The monoisotopic (exact) mass is 499 g/mol. The summed E-state index contributed by atoms with van der Waals surface area (Å²) in [5.74, 6) is 1.15. The molecule has 1 aromatic heterocycles. The maximum Gasteiger partial charge on any atom is 0.410 e. The van der Waals surface area contributed by atoms with E-state index in [2.05, 4.69) is 4.98 Å². The Morgan fingerprint density at radius 1 is 0.914 bits per heavy atom. The van der Waals surface area contributed by atoms with Crippen molar-refractivity contribution >= 4 is 23.5 Å². The minimum atomic E-state index is -1.00. The summed E-state index contributed by atoms with van der Waals surface area (Å²) < 4.78 is 15.9. The Hall–Kier alpha value is -3.79. The molecule has 0 fully saturated rings. The quantitative estimate of drug-likeness (QED) is 0.379. The van der Waals surface area contributed by atoms with Crippen LogP contribution in [0.2, 0.25) is 0 Å². The van der Waals surface area contributed by atoms with Gasteiger partial charge in [0.05, 0.1) is 19.7 Å². The van der Waals surface area contributed by atoms with Crippen LogP contribution in [0.5, 0.6) is 11.6 Å². The standard InChI is InChI=1S/C25H29N3O6S/c1-32-21-11-9-20(10-12-21)16-28(25(31)34-17-22-23(33-2)26-18-35-22)14-6-13-27(24(29)30)15-19-7-4-3-5-8-19/h3-5,7-12,18H,6,13-17H2,1-2H3,(H,29,30). The highest BCUT2D eigenvalue weighted by Crippen LogP contribution is 2.22. The van der Waals surface area contributed by atoms with Gasteiger partial charge in [-0.3, -0.25) is 0 Å². The molecule has 3 aromatic rings. The number of ether oxygens (including phenoxy) is 3. The summed E-state index contributed by atoms with van der Waals surface area (Å²) in [6.07, 6.45) is -1.05. The van der Waals surface area contributed by atoms with Gasteiger partial charge in [0, 0.05) is 26.2 Å². The van der Waals surface area contributed by atoms with Crippen molar-refractivity contribution in [2.75, 3.05) is 27.3 Å². The molecule has 3 rings (SSSR count). The van der Waals surface area contributed by atoms with Crippen LogP contribution in [-0.4, -0.2) is 59.4 Å². The second kappa shape index (κ2) is 13.2. The number of carbonyl (C=O) groups excluding carboxylic acids is 1. The topological polar surface area (TPSA) is 101 Å². The van der Waals surface area contributed by atoms with E-state index in [1.165, 1.54) is 23.3 Å². The second-order valence-electron chi connectivity index (χ2n) is 7.65. The van der Waals surface area contributed by atoms with Gasteiger partial charge >= 0.3 is 12.2 Å². The zero-order chi connectivity index (χ0) is 25.0. The normalized spacial score (nSPS) is 10.5. The fourth-order valence-corrected chi connectivity index (χ4v) is 4.07. The van der Waals surface area contributed by atoms with Crippen molar-refractivity contribution < 1.29 is 28.9 Å². The van der Waals surface area contributed by atoms with Crippen molar-refractivity contribution in [2.45, 2.75) is 26.1 Å². The van der Waals surface area contributed by atoms with E-state index in [1.807, 2.05) is 54.6 Å². The number of carbonyl (C=O) groups is 2. The molecule has 0 aliphatic rings. The molecule has 0 aliphatic carbocycles. The summed E-state index contributed by atoms with van der Waals surface area (Å²) in [4.78, 5) is 32.4. The first-order valence-corrected chi connectivity index (χ1v) is 11.9. The SMILES string of the molecule is COc1ccc(CN(CCCN(Cc2ccccc2)C(=O)O)C(=O)OCc2scnc2OC)cc1. The van der Waals surface area contributed by atoms with E-state index in [-0.39, 0.29) is 19.7 Å². The maximum atomic E-state index is 13.0. The lowest BCUT2D eigenvalue weighted by Gasteiger charge is -2.24. The predicted octanol–water partition coefficient (Wildman–Crippen LogP) is 4.87. The van der Waals surface area contributed by atoms with Crippen LogP contribution in [0.15, 0.2) is 60.1 Å². The minimum absolute atomic E-state index is 0.0427. The lowest BCUT2D eigenvalue weighted by molar-refractivity contribution is 0.0913. The lowest BCUT2D eigenvalue weighted by atomic mass is 10.2. The molecule has 0 saturated carbocycles. The Morgan fingerprint density at radius 3 is 2.23 bits per heavy atom. The van der Waals surface area contributed by atoms with Crippen molar-refractivity contribution in [3.63, 3.8) is 0 Å². The van der Waals surface area contributed by atoms with Crippen LogP contribution in [0.1, 0.15) is 22.4 Å². The van der Waals surface area contributed by atoms with Crippen LogP contribution >= 0.6 is 11.3 Å². The van der Waals surface area contributed by atoms with E-state index in [4.69, 9.17) is 14.2 Å². The van der Waals surface area contributed by atoms with Crippen LogP contribution in [0.25, 0.3) is 0 Å². The number of hydrogen-bond acceptors (Lipinski definition) is 7. The van der Waals surface area contributed by atoms with E-state index in [0.29, 0.717) is 30.3 Å². The van der Waals surface area contributed by atoms with E-state index in [9.17, 15) is 14.7 Å². The predicted molar refractivity (Wildman–Crippen MR) is 132 cm³/mol. The fraction of sp³-hybridized carbons (Fsp3) is 0.320. The number of nitrogens with zero attached hydrogens (tertiary/aromatic N) is 3. The van der Waals surface area contributed by atoms with Gasteiger partial charge in [0.25, 0.3) is 0 Å². The number of rotatable bonds is 12. The molecule has 35 heavy (non-hydrogen) atoms. The molecular weight excluding hydrogens is 470 g/mol. The van der Waals surface area contributed by atoms with Crippen LogP contribution in [0, 0.1) is 0 Å². The van der Waals surface area contributed by atoms with Crippen molar-refractivity contribution in [1.29, 1.82) is 0 Å². The van der Waals surface area contributed by atoms with E-state index in [0.717, 1.165) is 16.9 Å². The summed E-state index contributed by atoms with van der Waals surface area (Å²) in [7, 11) is 3.11. The molecule has 0 saturated heterocycles. The third-order valence-corrected chi connectivity index (χ3v) is 6.04. The summed E-state index contributed by atoms with van der Waals surface area (Å²) in [5.41, 5.74) is 3.44. The maximum absolute atomic E-state index is 13.0. The molecule has 9 nitrogen and oxygen atoms in total. The Bertz CT molecular complexity index is 1070. The highest BCUT2D eigenvalue weighted by Gasteiger charge is 2.19. The van der Waals surface area contributed by atoms with E-state index in [1.54, 1.807) is 17.5 Å². The van der Waals surface area contributed by atoms with Gasteiger partial charge in [-0.15, -0.1) is 11.3 Å². The number of methoxy groups -OCH3 is 2. The number of benzene rings is 2. The number of aromatic nitrogens is 1. The van der Waals surface area contributed by atoms with Crippen molar-refractivity contribution in [1.82, 2.24) is 14.8 Å². The van der Waals surface area contributed by atoms with Gasteiger partial charge in [-0.2, -0.15) is 0 Å². The van der Waals surface area contributed by atoms with Crippen LogP contribution in [0.4, 0.5) is 9.59 Å². The molecule has 0 atom stereocenters. The fourth-order valence-electron chi connectivity index (χ4n) is 3.43. The highest BCUT2D eigenvalue weighted by atomic mass is 32.1. The van der Waals surface area contributed by atoms with Gasteiger partial charge in [-0.1, -0.05) is 42.5 Å². The number of thiazole rings is 1. The van der Waals surface area contributed by atoms with Crippen molar-refractivity contribution in [3.05, 3.63) is 76.1 Å². The molecule has 0 spiro atoms. The zero-order valence-electron chi connectivity index (χ0n) is 19.8. The average molecular weight is 500 g/mol. The summed E-state index contributed by atoms with van der Waals surface area (Å²) in [6, 6.07) is 16.8. The number of hydrogen-bond donors (Lipinski definition) is 1. The molecule has 186 valence electrons. The van der Waals surface area contributed by atoms with Gasteiger partial charge in [0.1, 0.15) is 17.2 Å². The van der Waals surface area contributed by atoms with Gasteiger partial charge in [0.2, 0.25) is 5.88 Å². The first kappa shape index (κ1) is 25.8. The molecule has 0 radical (unpaired) electrons. The third kappa shape index (κ3) is 7.89. The third-order valence-electron chi connectivity index (χ3n) is 5.26. The lowest BCUT2D eigenvalue weighted by Crippen LogP contribution is -2.35. The molecule has 0 unspecified atom stereocenters. The van der Waals surface area contributed by atoms with Crippen molar-refractivity contribution in [2.24, 2.45) is 0 Å².